The second-order valence-corrected chi connectivity index (χ2v) is 3.31. The fourth-order valence-electron chi connectivity index (χ4n) is 0.664. The number of halogens is 4. The molecule has 0 atom stereocenters. The highest BCUT2D eigenvalue weighted by Gasteiger charge is 2.16. The molecule has 1 aromatic heterocycles. The van der Waals surface area contributed by atoms with Crippen molar-refractivity contribution in [1.82, 2.24) is 9.78 Å². The van der Waals surface area contributed by atoms with Gasteiger partial charge >= 0.3 is 6.61 Å². The molecule has 0 aromatic carbocycles. The van der Waals surface area contributed by atoms with Gasteiger partial charge in [0.25, 0.3) is 0 Å². The predicted molar refractivity (Wildman–Crippen MR) is 47.6 cm³/mol. The van der Waals surface area contributed by atoms with Gasteiger partial charge in [0.15, 0.2) is 0 Å². The van der Waals surface area contributed by atoms with Gasteiger partial charge in [-0.25, -0.2) is 4.68 Å². The Morgan fingerprint density at radius 1 is 1.67 bits per heavy atom. The normalized spacial score (nSPS) is 10.8. The van der Waals surface area contributed by atoms with E-state index in [0.29, 0.717) is 3.70 Å². The topological polar surface area (TPSA) is 27.1 Å². The van der Waals surface area contributed by atoms with Crippen molar-refractivity contribution in [2.24, 2.45) is 7.05 Å². The summed E-state index contributed by atoms with van der Waals surface area (Å²) in [5, 5.41) is 3.89. The summed E-state index contributed by atoms with van der Waals surface area (Å²) in [5.74, 6) is -0.115. The van der Waals surface area contributed by atoms with E-state index in [2.05, 4.69) is 9.84 Å². The van der Waals surface area contributed by atoms with Gasteiger partial charge in [-0.2, -0.15) is 13.9 Å². The van der Waals surface area contributed by atoms with Crippen molar-refractivity contribution in [3.8, 4) is 5.88 Å². The maximum atomic E-state index is 11.8. The minimum Gasteiger partial charge on any atom is -0.416 e. The highest BCUT2D eigenvalue weighted by atomic mass is 127. The molecule has 0 saturated heterocycles. The van der Waals surface area contributed by atoms with E-state index < -0.39 is 6.61 Å². The van der Waals surface area contributed by atoms with Crippen LogP contribution in [0.4, 0.5) is 8.78 Å². The first-order valence-corrected chi connectivity index (χ1v) is 4.31. The van der Waals surface area contributed by atoms with Crippen LogP contribution in [-0.2, 0) is 7.05 Å². The van der Waals surface area contributed by atoms with Crippen LogP contribution in [0.5, 0.6) is 5.88 Å². The highest BCUT2D eigenvalue weighted by Crippen LogP contribution is 2.29. The summed E-state index contributed by atoms with van der Waals surface area (Å²) >= 11 is 7.44. The maximum Gasteiger partial charge on any atom is 0.388 e. The minimum absolute atomic E-state index is 0.110. The zero-order chi connectivity index (χ0) is 9.30. The van der Waals surface area contributed by atoms with E-state index in [0.717, 1.165) is 4.68 Å². The molecule has 1 rings (SSSR count). The Morgan fingerprint density at radius 2 is 2.25 bits per heavy atom. The number of alkyl halides is 2. The Bertz CT molecular complexity index is 291. The van der Waals surface area contributed by atoms with E-state index in [1.807, 2.05) is 22.6 Å². The Morgan fingerprint density at radius 3 is 2.58 bits per heavy atom. The Kier molecular flexibility index (Phi) is 3.10. The van der Waals surface area contributed by atoms with Gasteiger partial charge in [0.1, 0.15) is 8.72 Å². The average molecular weight is 308 g/mol. The van der Waals surface area contributed by atoms with E-state index in [1.54, 1.807) is 0 Å². The van der Waals surface area contributed by atoms with Crippen LogP contribution >= 0.6 is 34.2 Å². The summed E-state index contributed by atoms with van der Waals surface area (Å²) in [7, 11) is 1.48. The monoisotopic (exact) mass is 308 g/mol. The lowest BCUT2D eigenvalue weighted by Gasteiger charge is -2.03. The lowest BCUT2D eigenvalue weighted by atomic mass is 10.7. The third-order valence-corrected chi connectivity index (χ3v) is 2.52. The fraction of sp³-hybridized carbons (Fsp3) is 0.400. The predicted octanol–water partition coefficient (Wildman–Crippen LogP) is 2.28. The summed E-state index contributed by atoms with van der Waals surface area (Å²) in [6, 6.07) is 0. The first-order chi connectivity index (χ1) is 5.52. The lowest BCUT2D eigenvalue weighted by molar-refractivity contribution is -0.0552. The molecule has 0 aliphatic heterocycles. The van der Waals surface area contributed by atoms with Gasteiger partial charge in [-0.1, -0.05) is 11.6 Å². The van der Waals surface area contributed by atoms with Crippen LogP contribution in [0.25, 0.3) is 0 Å². The number of hydrogen-bond acceptors (Lipinski definition) is 2. The number of aryl methyl sites for hydroxylation is 1. The van der Waals surface area contributed by atoms with Gasteiger partial charge < -0.3 is 4.74 Å². The second-order valence-electron chi connectivity index (χ2n) is 1.91. The molecule has 0 saturated carbocycles. The molecule has 0 unspecified atom stereocenters. The summed E-state index contributed by atoms with van der Waals surface area (Å²) in [5.41, 5.74) is 0. The minimum atomic E-state index is -2.88. The van der Waals surface area contributed by atoms with E-state index in [4.69, 9.17) is 11.6 Å². The molecular formula is C5H4ClF2IN2O. The van der Waals surface area contributed by atoms with Gasteiger partial charge in [-0.3, -0.25) is 0 Å². The van der Waals surface area contributed by atoms with Gasteiger partial charge in [0, 0.05) is 7.05 Å². The number of nitrogens with zero attached hydrogens (tertiary/aromatic N) is 2. The lowest BCUT2D eigenvalue weighted by Crippen LogP contribution is -2.06. The first kappa shape index (κ1) is 9.97. The van der Waals surface area contributed by atoms with E-state index in [9.17, 15) is 8.78 Å². The van der Waals surface area contributed by atoms with Crippen molar-refractivity contribution in [2.75, 3.05) is 0 Å². The molecule has 7 heteroatoms. The SMILES string of the molecule is Cn1nc(I)c(Cl)c1OC(F)F. The van der Waals surface area contributed by atoms with Crippen LogP contribution < -0.4 is 4.74 Å². The smallest absolute Gasteiger partial charge is 0.388 e. The molecule has 0 amide bonds. The first-order valence-electron chi connectivity index (χ1n) is 2.85. The molecule has 68 valence electrons. The molecule has 0 bridgehead atoms. The van der Waals surface area contributed by atoms with Crippen LogP contribution in [0.2, 0.25) is 5.02 Å². The Labute approximate surface area is 85.8 Å². The van der Waals surface area contributed by atoms with Crippen molar-refractivity contribution in [1.29, 1.82) is 0 Å². The Balaban J connectivity index is 2.97. The molecule has 0 N–H and O–H groups in total. The second kappa shape index (κ2) is 3.73. The Hall–Kier alpha value is -0.110. The number of rotatable bonds is 2. The van der Waals surface area contributed by atoms with Crippen LogP contribution in [0.1, 0.15) is 0 Å². The van der Waals surface area contributed by atoms with Crippen molar-refractivity contribution in [2.45, 2.75) is 6.61 Å². The van der Waals surface area contributed by atoms with E-state index >= 15 is 0 Å². The maximum absolute atomic E-state index is 11.8. The van der Waals surface area contributed by atoms with E-state index in [1.165, 1.54) is 7.05 Å². The van der Waals surface area contributed by atoms with Crippen molar-refractivity contribution in [3.05, 3.63) is 8.72 Å². The van der Waals surface area contributed by atoms with Crippen molar-refractivity contribution in [3.63, 3.8) is 0 Å². The third kappa shape index (κ3) is 1.98. The number of aromatic nitrogens is 2. The molecule has 3 nitrogen and oxygen atoms in total. The zero-order valence-electron chi connectivity index (χ0n) is 5.89. The quantitative estimate of drug-likeness (QED) is 0.784. The van der Waals surface area contributed by atoms with Crippen LogP contribution in [0.15, 0.2) is 0 Å². The highest BCUT2D eigenvalue weighted by molar-refractivity contribution is 14.1. The summed E-state index contributed by atoms with van der Waals surface area (Å²) in [4.78, 5) is 0. The van der Waals surface area contributed by atoms with Crippen LogP contribution in [0.3, 0.4) is 0 Å². The third-order valence-electron chi connectivity index (χ3n) is 1.10. The van der Waals surface area contributed by atoms with Gasteiger partial charge in [-0.15, -0.1) is 0 Å². The number of hydrogen-bond donors (Lipinski definition) is 0. The molecule has 1 heterocycles. The molecule has 0 radical (unpaired) electrons. The molecule has 0 aliphatic rings. The van der Waals surface area contributed by atoms with Gasteiger partial charge in [0.05, 0.1) is 0 Å². The largest absolute Gasteiger partial charge is 0.416 e. The molecule has 12 heavy (non-hydrogen) atoms. The molecule has 0 aliphatic carbocycles. The molecule has 0 spiro atoms. The molecule has 1 aromatic rings. The van der Waals surface area contributed by atoms with Crippen LogP contribution in [-0.4, -0.2) is 16.4 Å². The van der Waals surface area contributed by atoms with E-state index in [-0.39, 0.29) is 10.9 Å². The van der Waals surface area contributed by atoms with Gasteiger partial charge in [0.2, 0.25) is 5.88 Å². The summed E-state index contributed by atoms with van der Waals surface area (Å²) < 4.78 is 29.3. The van der Waals surface area contributed by atoms with Crippen molar-refractivity contribution < 1.29 is 13.5 Å². The number of ether oxygens (including phenoxy) is 1. The summed E-state index contributed by atoms with van der Waals surface area (Å²) in [6.07, 6.45) is 0. The molecule has 0 fully saturated rings. The average Bonchev–Trinajstić information content (AvgIpc) is 2.16. The zero-order valence-corrected chi connectivity index (χ0v) is 8.81. The van der Waals surface area contributed by atoms with Crippen LogP contribution in [0, 0.1) is 3.70 Å². The molecular weight excluding hydrogens is 304 g/mol. The summed E-state index contributed by atoms with van der Waals surface area (Å²) in [6.45, 7) is -2.88. The van der Waals surface area contributed by atoms with Gasteiger partial charge in [-0.05, 0) is 22.6 Å². The fourth-order valence-corrected chi connectivity index (χ4v) is 1.42. The van der Waals surface area contributed by atoms with Crippen molar-refractivity contribution >= 4 is 34.2 Å². The standard InChI is InChI=1S/C5H4ClF2IN2O/c1-11-4(12-5(7)8)2(6)3(9)10-11/h5H,1H3.